The van der Waals surface area contributed by atoms with Crippen molar-refractivity contribution >= 4 is 34.0 Å². The maximum Gasteiger partial charge on any atom is 0.246 e. The fraction of sp³-hybridized carbons (Fsp3) is 0.357. The summed E-state index contributed by atoms with van der Waals surface area (Å²) >= 11 is 0. The molecule has 11 heteroatoms. The number of carbonyl (C=O) groups is 1. The molecule has 4 aromatic rings. The molecule has 1 aliphatic rings. The molecular weight excluding hydrogens is 501 g/mol. The second kappa shape index (κ2) is 12.1. The molecule has 2 N–H and O–H groups in total. The molecule has 204 valence electrons. The van der Waals surface area contributed by atoms with E-state index in [4.69, 9.17) is 9.47 Å². The van der Waals surface area contributed by atoms with Crippen LogP contribution in [-0.4, -0.2) is 63.4 Å². The molecule has 1 saturated heterocycles. The molecule has 3 heterocycles. The lowest BCUT2D eigenvalue weighted by Gasteiger charge is -2.21. The van der Waals surface area contributed by atoms with E-state index in [0.717, 1.165) is 24.9 Å². The molecule has 5 rings (SSSR count). The van der Waals surface area contributed by atoms with Crippen molar-refractivity contribution in [1.29, 1.82) is 0 Å². The van der Waals surface area contributed by atoms with E-state index in [0.29, 0.717) is 46.9 Å². The van der Waals surface area contributed by atoms with Gasteiger partial charge >= 0.3 is 0 Å². The Labute approximate surface area is 226 Å². The standard InChI is InChI=1S/C28H32FN7O3/c1-19-6-4-9-35(19)10-5-11-39-26-14-24-23(13-25(26)38-2)28(31-18-30-24)34-22-15-32-36(16-22)17-27(37)33-21-8-3-7-20(29)12-21/h3,7-8,12-16,18-19H,4-6,9-11,17H2,1-2H3,(H,33,37)(H,30,31,34)/t19-/m0/s1. The minimum atomic E-state index is -0.419. The van der Waals surface area contributed by atoms with E-state index >= 15 is 0 Å². The minimum absolute atomic E-state index is 0.0338. The van der Waals surface area contributed by atoms with Gasteiger partial charge in [-0.15, -0.1) is 0 Å². The Hall–Kier alpha value is -4.25. The molecule has 0 saturated carbocycles. The van der Waals surface area contributed by atoms with Gasteiger partial charge in [-0.3, -0.25) is 9.48 Å². The number of nitrogens with one attached hydrogen (secondary N) is 2. The SMILES string of the molecule is COc1cc2c(Nc3cnn(CC(=O)Nc4cccc(F)c4)c3)ncnc2cc1OCCCN1CCC[C@@H]1C. The number of likely N-dealkylation sites (tertiary alicyclic amines) is 1. The number of anilines is 3. The zero-order chi connectivity index (χ0) is 27.2. The van der Waals surface area contributed by atoms with Gasteiger partial charge in [-0.25, -0.2) is 14.4 Å². The predicted octanol–water partition coefficient (Wildman–Crippen LogP) is 4.61. The second-order valence-corrected chi connectivity index (χ2v) is 9.58. The van der Waals surface area contributed by atoms with Gasteiger partial charge in [-0.1, -0.05) is 6.07 Å². The lowest BCUT2D eigenvalue weighted by Crippen LogP contribution is -2.28. The van der Waals surface area contributed by atoms with Gasteiger partial charge in [0, 0.05) is 35.9 Å². The molecule has 0 radical (unpaired) electrons. The number of halogens is 1. The number of fused-ring (bicyclic) bond motifs is 1. The Bertz CT molecular complexity index is 1440. The average molecular weight is 534 g/mol. The number of nitrogens with zero attached hydrogens (tertiary/aromatic N) is 5. The van der Waals surface area contributed by atoms with E-state index in [1.54, 1.807) is 25.6 Å². The smallest absolute Gasteiger partial charge is 0.246 e. The number of amides is 1. The molecule has 2 aromatic heterocycles. The molecular formula is C28H32FN7O3. The zero-order valence-electron chi connectivity index (χ0n) is 22.1. The Morgan fingerprint density at radius 3 is 2.87 bits per heavy atom. The molecule has 0 aliphatic carbocycles. The van der Waals surface area contributed by atoms with E-state index in [1.807, 2.05) is 12.1 Å². The van der Waals surface area contributed by atoms with E-state index < -0.39 is 5.82 Å². The van der Waals surface area contributed by atoms with Gasteiger partial charge in [0.25, 0.3) is 0 Å². The number of hydrogen-bond acceptors (Lipinski definition) is 8. The minimum Gasteiger partial charge on any atom is -0.493 e. The molecule has 1 atom stereocenters. The quantitative estimate of drug-likeness (QED) is 0.269. The van der Waals surface area contributed by atoms with Crippen LogP contribution in [0.1, 0.15) is 26.2 Å². The number of methoxy groups -OCH3 is 1. The summed E-state index contributed by atoms with van der Waals surface area (Å²) in [6, 6.07) is 10.1. The van der Waals surface area contributed by atoms with Crippen molar-refractivity contribution in [3.63, 3.8) is 0 Å². The van der Waals surface area contributed by atoms with Crippen molar-refractivity contribution in [3.05, 3.63) is 60.9 Å². The third-order valence-corrected chi connectivity index (χ3v) is 6.77. The Balaban J connectivity index is 1.23. The number of carbonyl (C=O) groups excluding carboxylic acids is 1. The first-order valence-electron chi connectivity index (χ1n) is 13.0. The third kappa shape index (κ3) is 6.61. The number of benzene rings is 2. The average Bonchev–Trinajstić information content (AvgIpc) is 3.54. The van der Waals surface area contributed by atoms with Gasteiger partial charge in [0.1, 0.15) is 24.5 Å². The normalized spacial score (nSPS) is 15.4. The summed E-state index contributed by atoms with van der Waals surface area (Å²) in [5.74, 6) is 1.06. The number of hydrogen-bond donors (Lipinski definition) is 2. The van der Waals surface area contributed by atoms with Crippen LogP contribution < -0.4 is 20.1 Å². The maximum absolute atomic E-state index is 13.4. The highest BCUT2D eigenvalue weighted by Crippen LogP contribution is 2.34. The Kier molecular flexibility index (Phi) is 8.16. The van der Waals surface area contributed by atoms with Crippen LogP contribution in [0.2, 0.25) is 0 Å². The summed E-state index contributed by atoms with van der Waals surface area (Å²) in [6.07, 6.45) is 8.23. The molecule has 1 amide bonds. The van der Waals surface area contributed by atoms with Crippen LogP contribution in [0.25, 0.3) is 10.9 Å². The van der Waals surface area contributed by atoms with Crippen LogP contribution in [0.5, 0.6) is 11.5 Å². The number of rotatable bonds is 11. The maximum atomic E-state index is 13.4. The Morgan fingerprint density at radius 2 is 2.08 bits per heavy atom. The molecule has 0 bridgehead atoms. The van der Waals surface area contributed by atoms with Crippen molar-refractivity contribution in [1.82, 2.24) is 24.6 Å². The molecule has 1 fully saturated rings. The van der Waals surface area contributed by atoms with Crippen LogP contribution in [0, 0.1) is 5.82 Å². The van der Waals surface area contributed by atoms with Gasteiger partial charge in [-0.2, -0.15) is 5.10 Å². The number of ether oxygens (including phenoxy) is 2. The van der Waals surface area contributed by atoms with Crippen LogP contribution in [0.4, 0.5) is 21.6 Å². The topological polar surface area (TPSA) is 106 Å². The lowest BCUT2D eigenvalue weighted by molar-refractivity contribution is -0.116. The summed E-state index contributed by atoms with van der Waals surface area (Å²) < 4.78 is 26.5. The van der Waals surface area contributed by atoms with Crippen LogP contribution in [0.15, 0.2) is 55.1 Å². The van der Waals surface area contributed by atoms with Gasteiger partial charge < -0.3 is 25.0 Å². The fourth-order valence-corrected chi connectivity index (χ4v) is 4.78. The summed E-state index contributed by atoms with van der Waals surface area (Å²) in [5.41, 5.74) is 1.73. The van der Waals surface area contributed by atoms with Crippen molar-refractivity contribution < 1.29 is 18.7 Å². The first-order chi connectivity index (χ1) is 19.0. The summed E-state index contributed by atoms with van der Waals surface area (Å²) in [5, 5.41) is 10.9. The largest absolute Gasteiger partial charge is 0.493 e. The summed E-state index contributed by atoms with van der Waals surface area (Å²) in [4.78, 5) is 23.7. The van der Waals surface area contributed by atoms with Gasteiger partial charge in [0.15, 0.2) is 11.5 Å². The van der Waals surface area contributed by atoms with Gasteiger partial charge in [-0.05, 0) is 57.0 Å². The van der Waals surface area contributed by atoms with E-state index in [2.05, 4.69) is 37.5 Å². The lowest BCUT2D eigenvalue weighted by atomic mass is 10.2. The third-order valence-electron chi connectivity index (χ3n) is 6.77. The van der Waals surface area contributed by atoms with Gasteiger partial charge in [0.05, 0.1) is 31.1 Å². The first-order valence-corrected chi connectivity index (χ1v) is 13.0. The highest BCUT2D eigenvalue weighted by atomic mass is 19.1. The molecule has 2 aromatic carbocycles. The highest BCUT2D eigenvalue weighted by molar-refractivity contribution is 5.93. The fourth-order valence-electron chi connectivity index (χ4n) is 4.78. The second-order valence-electron chi connectivity index (χ2n) is 9.58. The predicted molar refractivity (Wildman–Crippen MR) is 147 cm³/mol. The first kappa shape index (κ1) is 26.4. The van der Waals surface area contributed by atoms with Gasteiger partial charge in [0.2, 0.25) is 5.91 Å². The van der Waals surface area contributed by atoms with Crippen LogP contribution >= 0.6 is 0 Å². The zero-order valence-corrected chi connectivity index (χ0v) is 22.1. The van der Waals surface area contributed by atoms with Crippen LogP contribution in [-0.2, 0) is 11.3 Å². The monoisotopic (exact) mass is 533 g/mol. The van der Waals surface area contributed by atoms with Crippen molar-refractivity contribution in [2.24, 2.45) is 0 Å². The van der Waals surface area contributed by atoms with Crippen molar-refractivity contribution in [2.45, 2.75) is 38.8 Å². The number of aromatic nitrogens is 4. The molecule has 1 aliphatic heterocycles. The summed E-state index contributed by atoms with van der Waals surface area (Å²) in [6.45, 7) is 5.02. The van der Waals surface area contributed by atoms with E-state index in [9.17, 15) is 9.18 Å². The van der Waals surface area contributed by atoms with Crippen molar-refractivity contribution in [3.8, 4) is 11.5 Å². The van der Waals surface area contributed by atoms with Crippen molar-refractivity contribution in [2.75, 3.05) is 37.4 Å². The van der Waals surface area contributed by atoms with Crippen LogP contribution in [0.3, 0.4) is 0 Å². The summed E-state index contributed by atoms with van der Waals surface area (Å²) in [7, 11) is 1.61. The molecule has 0 spiro atoms. The molecule has 10 nitrogen and oxygen atoms in total. The molecule has 0 unspecified atom stereocenters. The Morgan fingerprint density at radius 1 is 1.18 bits per heavy atom. The molecule has 39 heavy (non-hydrogen) atoms. The highest BCUT2D eigenvalue weighted by Gasteiger charge is 2.19. The van der Waals surface area contributed by atoms with E-state index in [1.165, 1.54) is 42.0 Å². The van der Waals surface area contributed by atoms with E-state index in [-0.39, 0.29) is 12.5 Å².